The first kappa shape index (κ1) is 11.2. The SMILES string of the molecule is CN=C(NN)NC1CCOCC1OC. The number of nitrogens with one attached hydrogen (secondary N) is 2. The lowest BCUT2D eigenvalue weighted by molar-refractivity contribution is -0.0458. The Labute approximate surface area is 83.8 Å². The molecule has 1 fully saturated rings. The van der Waals surface area contributed by atoms with Crippen LogP contribution in [0.5, 0.6) is 0 Å². The maximum atomic E-state index is 5.30. The van der Waals surface area contributed by atoms with E-state index in [9.17, 15) is 0 Å². The summed E-state index contributed by atoms with van der Waals surface area (Å²) in [5.74, 6) is 5.84. The number of ether oxygens (including phenoxy) is 2. The summed E-state index contributed by atoms with van der Waals surface area (Å²) in [5.41, 5.74) is 2.49. The standard InChI is InChI=1S/C8H18N4O2/c1-10-8(12-9)11-6-3-4-14-5-7(6)13-2/h6-7H,3-5,9H2,1-2H3,(H2,10,11,12). The van der Waals surface area contributed by atoms with Crippen LogP contribution in [0, 0.1) is 0 Å². The molecular formula is C8H18N4O2. The number of nitrogens with two attached hydrogens (primary N) is 1. The largest absolute Gasteiger partial charge is 0.379 e. The first-order valence-corrected chi connectivity index (χ1v) is 4.62. The molecule has 0 spiro atoms. The van der Waals surface area contributed by atoms with Gasteiger partial charge in [-0.15, -0.1) is 0 Å². The zero-order valence-electron chi connectivity index (χ0n) is 8.62. The molecule has 1 aliphatic heterocycles. The second-order valence-electron chi connectivity index (χ2n) is 3.11. The predicted octanol–water partition coefficient (Wildman–Crippen LogP) is -1.17. The lowest BCUT2D eigenvalue weighted by atomic mass is 10.1. The number of hydrazine groups is 1. The van der Waals surface area contributed by atoms with Crippen molar-refractivity contribution >= 4 is 5.96 Å². The maximum Gasteiger partial charge on any atom is 0.205 e. The summed E-state index contributed by atoms with van der Waals surface area (Å²) in [6, 6.07) is 0.198. The van der Waals surface area contributed by atoms with Crippen molar-refractivity contribution in [2.24, 2.45) is 10.8 Å². The zero-order valence-corrected chi connectivity index (χ0v) is 8.62. The van der Waals surface area contributed by atoms with Crippen molar-refractivity contribution < 1.29 is 9.47 Å². The molecule has 1 rings (SSSR count). The summed E-state index contributed by atoms with van der Waals surface area (Å²) >= 11 is 0. The molecule has 4 N–H and O–H groups in total. The molecule has 0 aromatic carbocycles. The Morgan fingerprint density at radius 3 is 3.00 bits per heavy atom. The van der Waals surface area contributed by atoms with E-state index in [1.54, 1.807) is 14.2 Å². The highest BCUT2D eigenvalue weighted by molar-refractivity contribution is 5.79. The second kappa shape index (κ2) is 5.79. The van der Waals surface area contributed by atoms with Crippen molar-refractivity contribution in [3.05, 3.63) is 0 Å². The molecule has 0 aromatic rings. The number of guanidine groups is 1. The van der Waals surface area contributed by atoms with Gasteiger partial charge in [-0.1, -0.05) is 0 Å². The first-order valence-electron chi connectivity index (χ1n) is 4.62. The Balaban J connectivity index is 2.47. The van der Waals surface area contributed by atoms with Gasteiger partial charge < -0.3 is 14.8 Å². The van der Waals surface area contributed by atoms with Crippen molar-refractivity contribution in [3.63, 3.8) is 0 Å². The van der Waals surface area contributed by atoms with Crippen LogP contribution >= 0.6 is 0 Å². The highest BCUT2D eigenvalue weighted by Crippen LogP contribution is 2.10. The fourth-order valence-corrected chi connectivity index (χ4v) is 1.46. The van der Waals surface area contributed by atoms with E-state index in [1.807, 2.05) is 0 Å². The molecule has 0 aromatic heterocycles. The lowest BCUT2D eigenvalue weighted by Crippen LogP contribution is -2.54. The molecule has 0 aliphatic carbocycles. The number of hydrogen-bond donors (Lipinski definition) is 3. The Hall–Kier alpha value is -0.850. The zero-order chi connectivity index (χ0) is 10.4. The van der Waals surface area contributed by atoms with Crippen molar-refractivity contribution in [2.45, 2.75) is 18.6 Å². The normalized spacial score (nSPS) is 28.6. The van der Waals surface area contributed by atoms with E-state index >= 15 is 0 Å². The molecule has 0 bridgehead atoms. The Kier molecular flexibility index (Phi) is 4.64. The van der Waals surface area contributed by atoms with Gasteiger partial charge in [0, 0.05) is 20.8 Å². The van der Waals surface area contributed by atoms with Crippen LogP contribution in [0.15, 0.2) is 4.99 Å². The average Bonchev–Trinajstić information content (AvgIpc) is 2.26. The number of rotatable bonds is 2. The molecule has 2 unspecified atom stereocenters. The quantitative estimate of drug-likeness (QED) is 0.227. The molecule has 1 saturated heterocycles. The third-order valence-electron chi connectivity index (χ3n) is 2.29. The Morgan fingerprint density at radius 2 is 2.43 bits per heavy atom. The Bertz CT molecular complexity index is 198. The number of hydrogen-bond acceptors (Lipinski definition) is 4. The summed E-state index contributed by atoms with van der Waals surface area (Å²) in [7, 11) is 3.34. The fraction of sp³-hybridized carbons (Fsp3) is 0.875. The van der Waals surface area contributed by atoms with Crippen molar-refractivity contribution in [3.8, 4) is 0 Å². The van der Waals surface area contributed by atoms with Crippen LogP contribution in [-0.4, -0.2) is 45.5 Å². The Morgan fingerprint density at radius 1 is 1.64 bits per heavy atom. The fourth-order valence-electron chi connectivity index (χ4n) is 1.46. The van der Waals surface area contributed by atoms with Gasteiger partial charge >= 0.3 is 0 Å². The van der Waals surface area contributed by atoms with Crippen LogP contribution in [0.1, 0.15) is 6.42 Å². The minimum atomic E-state index is 0.0499. The van der Waals surface area contributed by atoms with Crippen LogP contribution in [0.3, 0.4) is 0 Å². The molecule has 0 saturated carbocycles. The smallest absolute Gasteiger partial charge is 0.205 e. The molecular weight excluding hydrogens is 184 g/mol. The summed E-state index contributed by atoms with van der Waals surface area (Å²) < 4.78 is 10.6. The molecule has 2 atom stereocenters. The average molecular weight is 202 g/mol. The van der Waals surface area contributed by atoms with Gasteiger partial charge in [-0.2, -0.15) is 0 Å². The van der Waals surface area contributed by atoms with E-state index in [2.05, 4.69) is 15.7 Å². The summed E-state index contributed by atoms with van der Waals surface area (Å²) in [6.07, 6.45) is 0.938. The van der Waals surface area contributed by atoms with Gasteiger partial charge in [0.15, 0.2) is 0 Å². The highest BCUT2D eigenvalue weighted by atomic mass is 16.5. The minimum absolute atomic E-state index is 0.0499. The topological polar surface area (TPSA) is 80.9 Å². The van der Waals surface area contributed by atoms with Crippen LogP contribution < -0.4 is 16.6 Å². The van der Waals surface area contributed by atoms with Gasteiger partial charge in [0.1, 0.15) is 6.10 Å². The number of methoxy groups -OCH3 is 1. The molecule has 1 heterocycles. The van der Waals surface area contributed by atoms with Crippen molar-refractivity contribution in [2.75, 3.05) is 27.4 Å². The predicted molar refractivity (Wildman–Crippen MR) is 53.8 cm³/mol. The highest BCUT2D eigenvalue weighted by Gasteiger charge is 2.25. The van der Waals surface area contributed by atoms with Crippen LogP contribution in [0.4, 0.5) is 0 Å². The maximum absolute atomic E-state index is 5.30. The van der Waals surface area contributed by atoms with E-state index in [1.165, 1.54) is 0 Å². The monoisotopic (exact) mass is 202 g/mol. The van der Waals surface area contributed by atoms with Gasteiger partial charge in [0.05, 0.1) is 12.6 Å². The molecule has 14 heavy (non-hydrogen) atoms. The van der Waals surface area contributed by atoms with E-state index in [-0.39, 0.29) is 12.1 Å². The van der Waals surface area contributed by atoms with Gasteiger partial charge in [0.25, 0.3) is 0 Å². The van der Waals surface area contributed by atoms with Crippen LogP contribution in [0.2, 0.25) is 0 Å². The van der Waals surface area contributed by atoms with Crippen molar-refractivity contribution in [1.82, 2.24) is 10.7 Å². The van der Waals surface area contributed by atoms with Gasteiger partial charge in [0.2, 0.25) is 5.96 Å². The lowest BCUT2D eigenvalue weighted by Gasteiger charge is -2.31. The summed E-state index contributed by atoms with van der Waals surface area (Å²) in [5, 5.41) is 3.17. The summed E-state index contributed by atoms with van der Waals surface area (Å²) in [6.45, 7) is 1.34. The molecule has 0 radical (unpaired) electrons. The molecule has 0 amide bonds. The van der Waals surface area contributed by atoms with Gasteiger partial charge in [-0.25, -0.2) is 5.84 Å². The van der Waals surface area contributed by atoms with E-state index in [0.29, 0.717) is 12.6 Å². The third kappa shape index (κ3) is 2.83. The molecule has 82 valence electrons. The second-order valence-corrected chi connectivity index (χ2v) is 3.11. The van der Waals surface area contributed by atoms with E-state index in [0.717, 1.165) is 13.0 Å². The summed E-state index contributed by atoms with van der Waals surface area (Å²) in [4.78, 5) is 3.94. The molecule has 6 heteroatoms. The van der Waals surface area contributed by atoms with E-state index in [4.69, 9.17) is 15.3 Å². The van der Waals surface area contributed by atoms with Gasteiger partial charge in [-0.3, -0.25) is 10.4 Å². The number of aliphatic imine (C=N–C) groups is 1. The molecule has 6 nitrogen and oxygen atoms in total. The minimum Gasteiger partial charge on any atom is -0.379 e. The number of nitrogens with zero attached hydrogens (tertiary/aromatic N) is 1. The first-order chi connectivity index (χ1) is 6.81. The van der Waals surface area contributed by atoms with Crippen molar-refractivity contribution in [1.29, 1.82) is 0 Å². The van der Waals surface area contributed by atoms with Crippen LogP contribution in [0.25, 0.3) is 0 Å². The van der Waals surface area contributed by atoms with Crippen LogP contribution in [-0.2, 0) is 9.47 Å². The van der Waals surface area contributed by atoms with Gasteiger partial charge in [-0.05, 0) is 6.42 Å². The molecule has 1 aliphatic rings. The van der Waals surface area contributed by atoms with E-state index < -0.39 is 0 Å². The third-order valence-corrected chi connectivity index (χ3v) is 2.29.